The van der Waals surface area contributed by atoms with Gasteiger partial charge in [0.25, 0.3) is 0 Å². The van der Waals surface area contributed by atoms with Crippen LogP contribution < -0.4 is 0 Å². The monoisotopic (exact) mass is 366 g/mol. The molecule has 2 rings (SSSR count). The second kappa shape index (κ2) is 12.2. The SMILES string of the molecule is CCCCCCCCc1c(CCCCCC)cc2ccc(C(C)C)ccc1-2. The number of aryl methyl sites for hydroxylation is 1. The molecule has 27 heavy (non-hydrogen) atoms. The van der Waals surface area contributed by atoms with Gasteiger partial charge in [0.2, 0.25) is 0 Å². The standard InChI is InChI=1S/C27H42/c1-5-7-9-11-12-14-16-26-24(15-13-10-8-6-2)21-25-18-17-23(22(3)4)19-20-27(25)26/h17-22H,5-16H2,1-4H3. The molecule has 150 valence electrons. The molecule has 0 heteroatoms. The minimum absolute atomic E-state index is 0.594. The van der Waals surface area contributed by atoms with Gasteiger partial charge in [-0.05, 0) is 59.4 Å². The van der Waals surface area contributed by atoms with Crippen molar-refractivity contribution in [3.05, 3.63) is 47.0 Å². The summed E-state index contributed by atoms with van der Waals surface area (Å²) in [7, 11) is 0. The van der Waals surface area contributed by atoms with Gasteiger partial charge < -0.3 is 0 Å². The molecule has 0 heterocycles. The van der Waals surface area contributed by atoms with E-state index in [9.17, 15) is 0 Å². The van der Waals surface area contributed by atoms with Gasteiger partial charge in [0.05, 0.1) is 0 Å². The molecule has 0 fully saturated rings. The van der Waals surface area contributed by atoms with Crippen LogP contribution >= 0.6 is 0 Å². The smallest absolute Gasteiger partial charge is 0.0149 e. The maximum atomic E-state index is 2.50. The molecular formula is C27H42. The number of unbranched alkanes of at least 4 members (excludes halogenated alkanes) is 8. The van der Waals surface area contributed by atoms with Crippen LogP contribution in [-0.2, 0) is 12.8 Å². The maximum absolute atomic E-state index is 2.50. The van der Waals surface area contributed by atoms with E-state index in [4.69, 9.17) is 0 Å². The first-order valence-electron chi connectivity index (χ1n) is 11.7. The summed E-state index contributed by atoms with van der Waals surface area (Å²) in [5, 5.41) is 0. The molecule has 0 nitrogen and oxygen atoms in total. The Kier molecular flexibility index (Phi) is 9.95. The van der Waals surface area contributed by atoms with Crippen molar-refractivity contribution in [2.24, 2.45) is 0 Å². The van der Waals surface area contributed by atoms with Gasteiger partial charge in [-0.1, -0.05) is 109 Å². The Labute approximate surface area is 169 Å². The first-order chi connectivity index (χ1) is 13.2. The van der Waals surface area contributed by atoms with Gasteiger partial charge in [0.15, 0.2) is 0 Å². The maximum Gasteiger partial charge on any atom is -0.0149 e. The van der Waals surface area contributed by atoms with Crippen LogP contribution in [-0.4, -0.2) is 0 Å². The molecule has 0 saturated carbocycles. The van der Waals surface area contributed by atoms with Crippen molar-refractivity contribution >= 4 is 0 Å². The molecule has 0 unspecified atom stereocenters. The number of rotatable bonds is 13. The summed E-state index contributed by atoms with van der Waals surface area (Å²) in [5.74, 6) is 0.594. The lowest BCUT2D eigenvalue weighted by Gasteiger charge is -2.07. The van der Waals surface area contributed by atoms with E-state index >= 15 is 0 Å². The molecule has 0 radical (unpaired) electrons. The van der Waals surface area contributed by atoms with Crippen LogP contribution in [0.3, 0.4) is 0 Å². The first kappa shape index (κ1) is 22.0. The normalized spacial score (nSPS) is 11.6. The molecule has 0 aromatic rings. The fourth-order valence-corrected chi connectivity index (χ4v) is 4.18. The summed E-state index contributed by atoms with van der Waals surface area (Å²) >= 11 is 0. The van der Waals surface area contributed by atoms with E-state index in [1.165, 1.54) is 93.7 Å². The van der Waals surface area contributed by atoms with E-state index in [1.54, 1.807) is 11.1 Å². The van der Waals surface area contributed by atoms with Crippen molar-refractivity contribution in [1.29, 1.82) is 0 Å². The van der Waals surface area contributed by atoms with E-state index in [2.05, 4.69) is 58.0 Å². The third-order valence-electron chi connectivity index (χ3n) is 6.00. The van der Waals surface area contributed by atoms with Crippen molar-refractivity contribution in [3.63, 3.8) is 0 Å². The number of hydrogen-bond acceptors (Lipinski definition) is 0. The Bertz CT molecular complexity index is 622. The molecule has 0 aromatic heterocycles. The average Bonchev–Trinajstić information content (AvgIpc) is 2.83. The Hall–Kier alpha value is -1.30. The zero-order chi connectivity index (χ0) is 19.5. The molecule has 0 aromatic carbocycles. The zero-order valence-electron chi connectivity index (χ0n) is 18.4. The molecule has 0 atom stereocenters. The number of fused-ring (bicyclic) bond motifs is 1. The molecule has 0 N–H and O–H groups in total. The van der Waals surface area contributed by atoms with E-state index in [0.717, 1.165) is 0 Å². The third kappa shape index (κ3) is 6.98. The highest BCUT2D eigenvalue weighted by molar-refractivity contribution is 5.73. The van der Waals surface area contributed by atoms with E-state index < -0.39 is 0 Å². The summed E-state index contributed by atoms with van der Waals surface area (Å²) in [5.41, 5.74) is 7.70. The van der Waals surface area contributed by atoms with Crippen LogP contribution in [0.5, 0.6) is 0 Å². The quantitative estimate of drug-likeness (QED) is 0.310. The van der Waals surface area contributed by atoms with Crippen molar-refractivity contribution in [3.8, 4) is 11.1 Å². The van der Waals surface area contributed by atoms with Crippen LogP contribution in [0.25, 0.3) is 11.1 Å². The largest absolute Gasteiger partial charge is 0.0654 e. The molecular weight excluding hydrogens is 324 g/mol. The Morgan fingerprint density at radius 1 is 0.667 bits per heavy atom. The summed E-state index contributed by atoms with van der Waals surface area (Å²) < 4.78 is 0. The Balaban J connectivity index is 2.12. The lowest BCUT2D eigenvalue weighted by atomic mass is 9.98. The predicted octanol–water partition coefficient (Wildman–Crippen LogP) is 8.94. The van der Waals surface area contributed by atoms with Gasteiger partial charge in [-0.15, -0.1) is 0 Å². The number of hydrogen-bond donors (Lipinski definition) is 0. The fraction of sp³-hybridized carbons (Fsp3) is 0.630. The Morgan fingerprint density at radius 2 is 1.26 bits per heavy atom. The summed E-state index contributed by atoms with van der Waals surface area (Å²) in [6.45, 7) is 9.17. The van der Waals surface area contributed by atoms with Crippen LogP contribution in [0.15, 0.2) is 30.3 Å². The van der Waals surface area contributed by atoms with Crippen LogP contribution in [0, 0.1) is 0 Å². The Morgan fingerprint density at radius 3 is 1.96 bits per heavy atom. The average molecular weight is 367 g/mol. The predicted molar refractivity (Wildman–Crippen MR) is 122 cm³/mol. The first-order valence-corrected chi connectivity index (χ1v) is 11.7. The van der Waals surface area contributed by atoms with Gasteiger partial charge in [-0.3, -0.25) is 0 Å². The second-order valence-corrected chi connectivity index (χ2v) is 8.67. The highest BCUT2D eigenvalue weighted by Crippen LogP contribution is 2.34. The van der Waals surface area contributed by atoms with E-state index in [-0.39, 0.29) is 0 Å². The highest BCUT2D eigenvalue weighted by atomic mass is 14.2. The zero-order valence-corrected chi connectivity index (χ0v) is 18.4. The third-order valence-corrected chi connectivity index (χ3v) is 6.00. The summed E-state index contributed by atoms with van der Waals surface area (Å²) in [6.07, 6.45) is 16.2. The molecule has 0 bridgehead atoms. The molecule has 2 aliphatic rings. The van der Waals surface area contributed by atoms with Crippen molar-refractivity contribution in [2.75, 3.05) is 0 Å². The van der Waals surface area contributed by atoms with Gasteiger partial charge in [0.1, 0.15) is 0 Å². The topological polar surface area (TPSA) is 0 Å². The van der Waals surface area contributed by atoms with Gasteiger partial charge in [-0.25, -0.2) is 0 Å². The van der Waals surface area contributed by atoms with Crippen molar-refractivity contribution < 1.29 is 0 Å². The lowest BCUT2D eigenvalue weighted by molar-refractivity contribution is 0.606. The highest BCUT2D eigenvalue weighted by Gasteiger charge is 2.15. The molecule has 0 spiro atoms. The van der Waals surface area contributed by atoms with Crippen LogP contribution in [0.2, 0.25) is 0 Å². The fourth-order valence-electron chi connectivity index (χ4n) is 4.18. The molecule has 0 saturated heterocycles. The van der Waals surface area contributed by atoms with Crippen LogP contribution in [0.4, 0.5) is 0 Å². The van der Waals surface area contributed by atoms with Crippen molar-refractivity contribution in [1.82, 2.24) is 0 Å². The molecule has 2 aliphatic carbocycles. The molecule has 0 amide bonds. The van der Waals surface area contributed by atoms with Crippen LogP contribution in [0.1, 0.15) is 115 Å². The second-order valence-electron chi connectivity index (χ2n) is 8.67. The summed E-state index contributed by atoms with van der Waals surface area (Å²) in [6, 6.07) is 12.0. The van der Waals surface area contributed by atoms with E-state index in [1.807, 2.05) is 0 Å². The van der Waals surface area contributed by atoms with Gasteiger partial charge >= 0.3 is 0 Å². The minimum Gasteiger partial charge on any atom is -0.0654 e. The van der Waals surface area contributed by atoms with Crippen molar-refractivity contribution in [2.45, 2.75) is 111 Å². The summed E-state index contributed by atoms with van der Waals surface area (Å²) in [4.78, 5) is 0. The van der Waals surface area contributed by atoms with Gasteiger partial charge in [0, 0.05) is 0 Å². The van der Waals surface area contributed by atoms with E-state index in [0.29, 0.717) is 5.92 Å². The van der Waals surface area contributed by atoms with Gasteiger partial charge in [-0.2, -0.15) is 0 Å². The minimum atomic E-state index is 0.594. The lowest BCUT2D eigenvalue weighted by Crippen LogP contribution is -1.93. The molecule has 0 aliphatic heterocycles.